The molecule has 1 fully saturated rings. The first-order valence-corrected chi connectivity index (χ1v) is 7.79. The lowest BCUT2D eigenvalue weighted by Crippen LogP contribution is -2.62. The molecule has 18 heavy (non-hydrogen) atoms. The molecule has 1 aliphatic rings. The van der Waals surface area contributed by atoms with Crippen LogP contribution in [0.5, 0.6) is 0 Å². The van der Waals surface area contributed by atoms with E-state index in [1.165, 1.54) is 16.4 Å². The second kappa shape index (κ2) is 4.48. The van der Waals surface area contributed by atoms with Gasteiger partial charge in [-0.3, -0.25) is 0 Å². The van der Waals surface area contributed by atoms with E-state index in [-0.39, 0.29) is 18.0 Å². The summed E-state index contributed by atoms with van der Waals surface area (Å²) < 4.78 is 26.3. The number of nitrogens with two attached hydrogens (primary N) is 1. The van der Waals surface area contributed by atoms with Crippen LogP contribution in [0.25, 0.3) is 0 Å². The van der Waals surface area contributed by atoms with E-state index in [9.17, 15) is 13.5 Å². The Morgan fingerprint density at radius 3 is 2.61 bits per heavy atom. The van der Waals surface area contributed by atoms with E-state index >= 15 is 0 Å². The Balaban J connectivity index is 2.25. The molecule has 100 valence electrons. The van der Waals surface area contributed by atoms with Crippen LogP contribution in [-0.4, -0.2) is 36.5 Å². The van der Waals surface area contributed by atoms with Crippen LogP contribution in [0, 0.1) is 0 Å². The van der Waals surface area contributed by atoms with E-state index in [0.29, 0.717) is 16.6 Å². The molecular weight excluding hydrogens is 320 g/mol. The Kier molecular flexibility index (Phi) is 3.44. The third-order valence-corrected chi connectivity index (χ3v) is 5.68. The highest BCUT2D eigenvalue weighted by atomic mass is 79.9. The Labute approximate surface area is 115 Å². The van der Waals surface area contributed by atoms with Crippen LogP contribution in [-0.2, 0) is 10.0 Å². The molecule has 2 rings (SSSR count). The van der Waals surface area contributed by atoms with Gasteiger partial charge in [0.1, 0.15) is 0 Å². The first-order chi connectivity index (χ1) is 8.28. The number of aliphatic hydroxyl groups is 1. The molecule has 0 radical (unpaired) electrons. The average molecular weight is 335 g/mol. The second-order valence-corrected chi connectivity index (χ2v) is 7.33. The minimum atomic E-state index is -3.53. The third kappa shape index (κ3) is 2.27. The second-order valence-electron chi connectivity index (χ2n) is 4.53. The summed E-state index contributed by atoms with van der Waals surface area (Å²) in [5.41, 5.74) is 5.24. The van der Waals surface area contributed by atoms with E-state index in [2.05, 4.69) is 15.9 Å². The van der Waals surface area contributed by atoms with Gasteiger partial charge in [-0.1, -0.05) is 6.92 Å². The van der Waals surface area contributed by atoms with E-state index in [0.717, 1.165) is 0 Å². The van der Waals surface area contributed by atoms with Gasteiger partial charge in [0.05, 0.1) is 10.5 Å². The quantitative estimate of drug-likeness (QED) is 0.813. The number of rotatable bonds is 3. The van der Waals surface area contributed by atoms with Gasteiger partial charge in [-0.05, 0) is 40.5 Å². The van der Waals surface area contributed by atoms with Crippen molar-refractivity contribution in [2.75, 3.05) is 18.8 Å². The van der Waals surface area contributed by atoms with Gasteiger partial charge in [0.15, 0.2) is 0 Å². The molecule has 1 heterocycles. The zero-order valence-electron chi connectivity index (χ0n) is 9.93. The van der Waals surface area contributed by atoms with Gasteiger partial charge in [0, 0.05) is 23.2 Å². The van der Waals surface area contributed by atoms with E-state index in [1.54, 1.807) is 6.07 Å². The molecule has 0 unspecified atom stereocenters. The van der Waals surface area contributed by atoms with Crippen LogP contribution in [0.2, 0.25) is 0 Å². The molecule has 0 atom stereocenters. The molecule has 0 amide bonds. The molecule has 0 bridgehead atoms. The largest absolute Gasteiger partial charge is 0.398 e. The van der Waals surface area contributed by atoms with Crippen LogP contribution >= 0.6 is 15.9 Å². The lowest BCUT2D eigenvalue weighted by Gasteiger charge is -2.44. The normalized spacial score (nSPS) is 19.5. The molecule has 0 aromatic heterocycles. The van der Waals surface area contributed by atoms with Crippen LogP contribution in [0.4, 0.5) is 5.69 Å². The maximum absolute atomic E-state index is 12.2. The van der Waals surface area contributed by atoms with Gasteiger partial charge in [-0.15, -0.1) is 0 Å². The van der Waals surface area contributed by atoms with Gasteiger partial charge in [-0.25, -0.2) is 8.42 Å². The third-order valence-electron chi connectivity index (χ3n) is 3.21. The van der Waals surface area contributed by atoms with Crippen LogP contribution in [0.1, 0.15) is 13.3 Å². The molecule has 7 heteroatoms. The SMILES string of the molecule is CCC1(O)CN(S(=O)(=O)c2ccc(N)c(Br)c2)C1. The Morgan fingerprint density at radius 2 is 2.11 bits per heavy atom. The molecule has 3 N–H and O–H groups in total. The molecule has 0 aliphatic carbocycles. The minimum absolute atomic E-state index is 0.147. The predicted molar refractivity (Wildman–Crippen MR) is 72.6 cm³/mol. The van der Waals surface area contributed by atoms with Gasteiger partial charge < -0.3 is 10.8 Å². The van der Waals surface area contributed by atoms with Crippen molar-refractivity contribution < 1.29 is 13.5 Å². The summed E-state index contributed by atoms with van der Waals surface area (Å²) in [5.74, 6) is 0. The zero-order chi connectivity index (χ0) is 13.6. The maximum Gasteiger partial charge on any atom is 0.243 e. The fraction of sp³-hybridized carbons (Fsp3) is 0.455. The molecule has 0 saturated carbocycles. The number of anilines is 1. The standard InChI is InChI=1S/C11H15BrN2O3S/c1-2-11(15)6-14(7-11)18(16,17)8-3-4-10(13)9(12)5-8/h3-5,15H,2,6-7,13H2,1H3. The first-order valence-electron chi connectivity index (χ1n) is 5.56. The molecule has 1 aromatic rings. The highest BCUT2D eigenvalue weighted by molar-refractivity contribution is 9.10. The Bertz CT molecular complexity index is 568. The number of hydrogen-bond acceptors (Lipinski definition) is 4. The van der Waals surface area contributed by atoms with Gasteiger partial charge in [-0.2, -0.15) is 4.31 Å². The van der Waals surface area contributed by atoms with Crippen molar-refractivity contribution in [2.45, 2.75) is 23.8 Å². The summed E-state index contributed by atoms with van der Waals surface area (Å²) >= 11 is 3.21. The zero-order valence-corrected chi connectivity index (χ0v) is 12.3. The molecule has 1 aliphatic heterocycles. The first kappa shape index (κ1) is 13.8. The Hall–Kier alpha value is -0.630. The van der Waals surface area contributed by atoms with Crippen molar-refractivity contribution in [3.63, 3.8) is 0 Å². The number of nitrogen functional groups attached to an aromatic ring is 1. The Morgan fingerprint density at radius 1 is 1.50 bits per heavy atom. The average Bonchev–Trinajstić information content (AvgIpc) is 2.28. The van der Waals surface area contributed by atoms with E-state index in [4.69, 9.17) is 5.73 Å². The van der Waals surface area contributed by atoms with E-state index in [1.807, 2.05) is 6.92 Å². The number of halogens is 1. The van der Waals surface area contributed by atoms with Crippen molar-refractivity contribution >= 4 is 31.6 Å². The molecule has 1 saturated heterocycles. The van der Waals surface area contributed by atoms with Crippen molar-refractivity contribution in [1.29, 1.82) is 0 Å². The van der Waals surface area contributed by atoms with Crippen LogP contribution in [0.15, 0.2) is 27.6 Å². The van der Waals surface area contributed by atoms with Gasteiger partial charge >= 0.3 is 0 Å². The summed E-state index contributed by atoms with van der Waals surface area (Å²) in [6.45, 7) is 2.13. The monoisotopic (exact) mass is 334 g/mol. The predicted octanol–water partition coefficient (Wildman–Crippen LogP) is 1.18. The fourth-order valence-electron chi connectivity index (χ4n) is 1.82. The maximum atomic E-state index is 12.2. The van der Waals surface area contributed by atoms with Crippen molar-refractivity contribution in [3.05, 3.63) is 22.7 Å². The fourth-order valence-corrected chi connectivity index (χ4v) is 3.98. The minimum Gasteiger partial charge on any atom is -0.398 e. The van der Waals surface area contributed by atoms with Gasteiger partial charge in [0.25, 0.3) is 0 Å². The number of benzene rings is 1. The summed E-state index contributed by atoms with van der Waals surface area (Å²) in [7, 11) is -3.53. The number of sulfonamides is 1. The van der Waals surface area contributed by atoms with Crippen LogP contribution < -0.4 is 5.73 Å². The lowest BCUT2D eigenvalue weighted by molar-refractivity contribution is -0.0613. The molecule has 0 spiro atoms. The molecule has 5 nitrogen and oxygen atoms in total. The van der Waals surface area contributed by atoms with Crippen LogP contribution in [0.3, 0.4) is 0 Å². The highest BCUT2D eigenvalue weighted by Crippen LogP contribution is 2.32. The number of nitrogens with zero attached hydrogens (tertiary/aromatic N) is 1. The van der Waals surface area contributed by atoms with E-state index < -0.39 is 15.6 Å². The number of hydrogen-bond donors (Lipinski definition) is 2. The lowest BCUT2D eigenvalue weighted by atomic mass is 9.94. The summed E-state index contributed by atoms with van der Waals surface area (Å²) in [5, 5.41) is 9.86. The topological polar surface area (TPSA) is 83.6 Å². The summed E-state index contributed by atoms with van der Waals surface area (Å²) in [6.07, 6.45) is 0.546. The summed E-state index contributed by atoms with van der Waals surface area (Å²) in [4.78, 5) is 0.182. The van der Waals surface area contributed by atoms with Crippen molar-refractivity contribution in [1.82, 2.24) is 4.31 Å². The number of β-amino-alcohol motifs (C(OH)–C–C–N with tert-alkyl or cyclic N) is 1. The van der Waals surface area contributed by atoms with Crippen molar-refractivity contribution in [2.24, 2.45) is 0 Å². The molecular formula is C11H15BrN2O3S. The molecule has 1 aromatic carbocycles. The van der Waals surface area contributed by atoms with Gasteiger partial charge in [0.2, 0.25) is 10.0 Å². The smallest absolute Gasteiger partial charge is 0.243 e. The highest BCUT2D eigenvalue weighted by Gasteiger charge is 2.45. The van der Waals surface area contributed by atoms with Crippen molar-refractivity contribution in [3.8, 4) is 0 Å². The summed E-state index contributed by atoms with van der Waals surface area (Å²) in [6, 6.07) is 4.50.